The normalized spacial score (nSPS) is 52.1. The van der Waals surface area contributed by atoms with E-state index in [1.165, 1.54) is 0 Å². The van der Waals surface area contributed by atoms with Crippen molar-refractivity contribution in [2.45, 2.75) is 413 Å². The van der Waals surface area contributed by atoms with Crippen molar-refractivity contribution < 1.29 is 327 Å². The van der Waals surface area contributed by atoms with E-state index in [1.54, 1.807) is 0 Å². The number of nitrogens with one attached hydrogen (secondary N) is 2. The number of hydrogen-bond acceptors (Lipinski definition) is 66. The van der Waals surface area contributed by atoms with Crippen molar-refractivity contribution in [2.24, 2.45) is 0 Å². The van der Waals surface area contributed by atoms with Crippen LogP contribution in [0.5, 0.6) is 0 Å². The van der Waals surface area contributed by atoms with E-state index in [-0.39, 0.29) is 0 Å². The van der Waals surface area contributed by atoms with Crippen molar-refractivity contribution >= 4 is 11.8 Å². The minimum atomic E-state index is -2.79. The van der Waals surface area contributed by atoms with Gasteiger partial charge >= 0.3 is 0 Å². The van der Waals surface area contributed by atoms with Gasteiger partial charge in [0.25, 0.3) is 0 Å². The molecule has 2 amide bonds. The molecular weight excluding hydrogens is 2070 g/mol. The molecule has 68 nitrogen and oxygen atoms in total. The second-order valence-electron chi connectivity index (χ2n) is 38.0. The first kappa shape index (κ1) is 123. The molecule has 13 aliphatic rings. The number of carbonyl (C=O) groups excluding carboxylic acids is 2. The van der Waals surface area contributed by atoms with Gasteiger partial charge in [-0.2, -0.15) is 0 Å². The lowest BCUT2D eigenvalue weighted by Gasteiger charge is -2.51. The Morgan fingerprint density at radius 2 is 0.367 bits per heavy atom. The molecule has 0 bridgehead atoms. The van der Waals surface area contributed by atoms with Gasteiger partial charge in [0.15, 0.2) is 81.8 Å². The van der Waals surface area contributed by atoms with E-state index in [9.17, 15) is 209 Å². The van der Waals surface area contributed by atoms with Crippen LogP contribution < -0.4 is 10.6 Å². The van der Waals surface area contributed by atoms with E-state index in [0.717, 1.165) is 13.8 Å². The topological polar surface area (TPSA) is 1080 Å². The van der Waals surface area contributed by atoms with Crippen molar-refractivity contribution in [3.63, 3.8) is 0 Å². The maximum atomic E-state index is 13.3. The summed E-state index contributed by atoms with van der Waals surface area (Å²) in [6.45, 7) is -13.9. The average molecular weight is 2210 g/mol. The molecule has 13 saturated heterocycles. The summed E-state index contributed by atoms with van der Waals surface area (Å²) in [4.78, 5) is 25.6. The Hall–Kier alpha value is -3.62. The largest absolute Gasteiger partial charge is 0.394 e. The highest BCUT2D eigenvalue weighted by Gasteiger charge is 2.64. The van der Waals surface area contributed by atoms with Gasteiger partial charge in [-0.1, -0.05) is 0 Å². The molecule has 68 heteroatoms. The van der Waals surface area contributed by atoms with Crippen LogP contribution in [0.1, 0.15) is 13.8 Å². The van der Waals surface area contributed by atoms with Gasteiger partial charge in [0.1, 0.15) is 317 Å². The highest BCUT2D eigenvalue weighted by molar-refractivity contribution is 5.73. The van der Waals surface area contributed by atoms with E-state index >= 15 is 0 Å². The van der Waals surface area contributed by atoms with Crippen LogP contribution in [0.2, 0.25) is 0 Å². The number of rotatable bonds is 39. The molecule has 13 aliphatic heterocycles. The lowest BCUT2D eigenvalue weighted by molar-refractivity contribution is -0.412. The Balaban J connectivity index is 0.846. The Morgan fingerprint density at radius 1 is 0.173 bits per heavy atom. The molecule has 0 aliphatic carbocycles. The maximum absolute atomic E-state index is 13.3. The van der Waals surface area contributed by atoms with Gasteiger partial charge in [0, 0.05) is 13.8 Å². The summed E-state index contributed by atoms with van der Waals surface area (Å²) in [5, 5.41) is 444. The Labute approximate surface area is 845 Å². The molecule has 65 atom stereocenters. The minimum Gasteiger partial charge on any atom is -0.394 e. The smallest absolute Gasteiger partial charge is 0.217 e. The van der Waals surface area contributed by atoms with Gasteiger partial charge in [0.2, 0.25) is 11.8 Å². The molecule has 872 valence electrons. The van der Waals surface area contributed by atoms with E-state index < -0.39 is 497 Å². The zero-order valence-electron chi connectivity index (χ0n) is 79.2. The first-order chi connectivity index (χ1) is 71.1. The van der Waals surface area contributed by atoms with Crippen molar-refractivity contribution in [3.8, 4) is 0 Å². The predicted octanol–water partition coefficient (Wildman–Crippen LogP) is -29.0. The summed E-state index contributed by atoms with van der Waals surface area (Å²) >= 11 is 0. The molecule has 13 rings (SSSR count). The zero-order chi connectivity index (χ0) is 110. The summed E-state index contributed by atoms with van der Waals surface area (Å²) in [5.41, 5.74) is 0. The lowest BCUT2D eigenvalue weighted by atomic mass is 9.94. The SMILES string of the molecule is CC(=O)N[C@H]1[C@H](O[C@H]2[C@H](O)[C@@H](NC(C)=O)C(O)O[C@@H]2CO)O[C@H](CO)[C@@H](O[C@@H]2O[C@H](CO[C@H]3O[C@H](CO[C@H]4O[C@H](CO)[C@@H](O)[C@H](O)[C@@H]4O[C@H]4O[C@H](CO)[C@@H](O)[C@H](O)[C@@H]4O)[C@@H](O)[C@H](O[C@H]4O[C@H](CO)[C@@H](O)[C@H](O)[C@@H]4O[C@H]4O[C@H](CO)[C@@H](O)[C@H](O)[C@@H]4O)[C@@H]3O)[C@@H](O)[C@H](O[C@H]3O[C@H](CO)[C@@H](O)[C@H](O)[C@@H]3O[C@H]3O[C@H](CO)[C@@H](O)[C@H](O)[C@@H]3O[C@H]3O[C@H](CO)[C@@H](O)[C@H](OC4O[C@H](CO)[C@@H](O)[C@H](OC5O[C@H](CO)[C@@H](O)[C@H](O)[C@H]5O)[C@H]4O)[C@@H]3O)[C@@H]2O)[C@@H]1O. The number of amides is 2. The van der Waals surface area contributed by atoms with Gasteiger partial charge < -0.3 is 328 Å². The van der Waals surface area contributed by atoms with Gasteiger partial charge in [0.05, 0.1) is 85.9 Å². The van der Waals surface area contributed by atoms with Gasteiger partial charge in [-0.15, -0.1) is 0 Å². The minimum absolute atomic E-state index is 0.853. The standard InChI is InChI=1S/C82H138N2O66/c1-16(96)83-31-44(109)60(27(12-94)128-70(31)125)141-71-32(84-17(2)97)45(110)61(28(13-95)138-71)142-78-59(124)65(146-81-69(52(117)39(104)23(8-90)136-81)150-82-68(51(116)38(103)24(9-91)137-82)149-77-58(123)63(41(106)26(11-93)133-77)144-76-57(122)62(40(105)25(10-92)132-76)143-73-53(118)46(111)33(98)18(3-85)129-73)43(108)30(140-78)14-126-72-56(121)64(145-80-67(50(115)37(102)22(7-89)135-80)148-75-55(120)48(113)35(100)20(5-87)131-75)42(107)29(139-72)15-127-79-66(49(114)36(101)21(6-88)134-79)147-74-54(119)47(112)34(99)19(4-86)130-74/h18-82,85-95,98-125H,3-15H2,1-2H3,(H,83,96)(H,84,97)/t18-,19-,20-,21-,22-,23-,24-,25-,26-,27-,28-,29-,30-,31-,32-,33-,34-,35-,36-,37-,38-,39-,40-,41-,42-,43-,44-,45-,46+,47+,48+,49+,50+,51+,52+,53-,54+,55+,56+,57-,58+,59+,60-,61-,62+,63+,64+,65+,66+,67+,68+,69+,70?,71+,72+,73?,74-,75-,76?,77-,78+,79+,80-,81-,82-/m1/s1. The molecule has 41 N–H and O–H groups in total. The fourth-order valence-corrected chi connectivity index (χ4v) is 19.4. The third-order valence-corrected chi connectivity index (χ3v) is 28.0. The highest BCUT2D eigenvalue weighted by atomic mass is 16.8. The van der Waals surface area contributed by atoms with E-state index in [2.05, 4.69) is 10.6 Å². The monoisotopic (exact) mass is 2210 g/mol. The van der Waals surface area contributed by atoms with Crippen LogP contribution in [-0.2, 0) is 128 Å². The Kier molecular flexibility index (Phi) is 44.2. The number of aliphatic hydroxyl groups excluding tert-OH is 39. The second-order valence-corrected chi connectivity index (χ2v) is 38.0. The van der Waals surface area contributed by atoms with E-state index in [4.69, 9.17) is 118 Å². The van der Waals surface area contributed by atoms with Crippen molar-refractivity contribution in [3.05, 3.63) is 0 Å². The molecule has 150 heavy (non-hydrogen) atoms. The molecule has 13 fully saturated rings. The predicted molar refractivity (Wildman–Crippen MR) is 451 cm³/mol. The summed E-state index contributed by atoms with van der Waals surface area (Å²) in [5.74, 6) is -1.89. The number of ether oxygens (including phenoxy) is 25. The summed E-state index contributed by atoms with van der Waals surface area (Å²) in [7, 11) is 0. The number of aliphatic hydroxyl groups is 39. The average Bonchev–Trinajstić information content (AvgIpc) is 0.801. The van der Waals surface area contributed by atoms with E-state index in [0.29, 0.717) is 0 Å². The van der Waals surface area contributed by atoms with Gasteiger partial charge in [-0.05, 0) is 0 Å². The fourth-order valence-electron chi connectivity index (χ4n) is 19.4. The van der Waals surface area contributed by atoms with Crippen molar-refractivity contribution in [1.29, 1.82) is 0 Å². The van der Waals surface area contributed by atoms with Crippen molar-refractivity contribution in [1.82, 2.24) is 10.6 Å². The molecule has 0 spiro atoms. The summed E-state index contributed by atoms with van der Waals surface area (Å²) in [6.07, 6.45) is -143. The fraction of sp³-hybridized carbons (Fsp3) is 0.976. The summed E-state index contributed by atoms with van der Waals surface area (Å²) in [6, 6.07) is -3.81. The molecule has 13 heterocycles. The first-order valence-corrected chi connectivity index (χ1v) is 47.7. The van der Waals surface area contributed by atoms with Crippen LogP contribution in [0.4, 0.5) is 0 Å². The third-order valence-electron chi connectivity index (χ3n) is 28.0. The Bertz CT molecular complexity index is 4070. The molecule has 0 aromatic carbocycles. The third kappa shape index (κ3) is 26.2. The van der Waals surface area contributed by atoms with Gasteiger partial charge in [-0.25, -0.2) is 0 Å². The highest BCUT2D eigenvalue weighted by Crippen LogP contribution is 2.44. The van der Waals surface area contributed by atoms with Crippen LogP contribution in [0.25, 0.3) is 0 Å². The quantitative estimate of drug-likeness (QED) is 0.0272. The Morgan fingerprint density at radius 3 is 0.680 bits per heavy atom. The second kappa shape index (κ2) is 53.8. The molecule has 3 unspecified atom stereocenters. The maximum Gasteiger partial charge on any atom is 0.217 e. The van der Waals surface area contributed by atoms with Crippen molar-refractivity contribution in [2.75, 3.05) is 85.9 Å². The summed E-state index contributed by atoms with van der Waals surface area (Å²) < 4.78 is 147. The van der Waals surface area contributed by atoms with Crippen LogP contribution >= 0.6 is 0 Å². The number of carbonyl (C=O) groups is 2. The van der Waals surface area contributed by atoms with Crippen LogP contribution in [0, 0.1) is 0 Å². The van der Waals surface area contributed by atoms with Crippen LogP contribution in [0.3, 0.4) is 0 Å². The van der Waals surface area contributed by atoms with Crippen LogP contribution in [-0.4, -0.2) is 696 Å². The zero-order valence-corrected chi connectivity index (χ0v) is 79.2. The molecule has 0 saturated carbocycles. The molecular formula is C82H138N2O66. The van der Waals surface area contributed by atoms with E-state index in [1.807, 2.05) is 0 Å². The van der Waals surface area contributed by atoms with Gasteiger partial charge in [-0.3, -0.25) is 9.59 Å². The lowest BCUT2D eigenvalue weighted by Crippen LogP contribution is -2.70. The number of hydrogen-bond donors (Lipinski definition) is 41. The first-order valence-electron chi connectivity index (χ1n) is 47.7. The molecule has 0 aromatic heterocycles. The van der Waals surface area contributed by atoms with Crippen LogP contribution in [0.15, 0.2) is 0 Å². The molecule has 0 aromatic rings. The molecule has 0 radical (unpaired) electrons.